The van der Waals surface area contributed by atoms with Gasteiger partial charge in [-0.2, -0.15) is 15.0 Å². The largest absolute Gasteiger partial charge is 0.532 e. The van der Waals surface area contributed by atoms with Crippen molar-refractivity contribution in [2.24, 2.45) is 0 Å². The van der Waals surface area contributed by atoms with Gasteiger partial charge in [0.15, 0.2) is 23.3 Å². The molecule has 0 unspecified atom stereocenters. The second-order valence-corrected chi connectivity index (χ2v) is 3.29. The van der Waals surface area contributed by atoms with Crippen LogP contribution in [0.3, 0.4) is 0 Å². The normalized spacial score (nSPS) is 9.16. The van der Waals surface area contributed by atoms with E-state index in [1.165, 1.54) is 6.07 Å². The van der Waals surface area contributed by atoms with E-state index in [0.29, 0.717) is 0 Å². The number of rotatable bonds is 0. The Morgan fingerprint density at radius 2 is 1.32 bits per heavy atom. The van der Waals surface area contributed by atoms with Crippen molar-refractivity contribution in [3.05, 3.63) is 56.5 Å². The van der Waals surface area contributed by atoms with Gasteiger partial charge in [0.1, 0.15) is 18.4 Å². The Morgan fingerprint density at radius 1 is 0.947 bits per heavy atom. The first-order valence-electron chi connectivity index (χ1n) is 4.62. The molecule has 3 nitrogen and oxygen atoms in total. The van der Waals surface area contributed by atoms with Gasteiger partial charge in [0, 0.05) is 5.57 Å². The van der Waals surface area contributed by atoms with Gasteiger partial charge in [0.05, 0.1) is 11.3 Å². The van der Waals surface area contributed by atoms with Crippen LogP contribution in [0.25, 0.3) is 21.1 Å². The Bertz CT molecular complexity index is 753. The lowest BCUT2D eigenvalue weighted by Crippen LogP contribution is -2.30. The Kier molecular flexibility index (Phi) is 3.89. The molecule has 0 N–H and O–H groups in total. The average molecular weight is 265 g/mol. The lowest BCUT2D eigenvalue weighted by Gasteiger charge is -2.00. The summed E-state index contributed by atoms with van der Waals surface area (Å²) in [4.78, 5) is 5.01. The predicted molar refractivity (Wildman–Crippen MR) is 56.8 cm³/mol. The van der Waals surface area contributed by atoms with Crippen molar-refractivity contribution in [2.75, 3.05) is 0 Å². The molecule has 19 heavy (non-hydrogen) atoms. The molecule has 0 radical (unpaired) electrons. The predicted octanol–water partition coefficient (Wildman–Crippen LogP) is 1.84. The van der Waals surface area contributed by atoms with Crippen molar-refractivity contribution < 1.29 is 17.6 Å². The molecule has 0 aliphatic heterocycles. The van der Waals surface area contributed by atoms with Crippen LogP contribution >= 0.6 is 0 Å². The first kappa shape index (κ1) is 14.2. The monoisotopic (exact) mass is 265 g/mol. The number of benzene rings is 1. The van der Waals surface area contributed by atoms with E-state index in [0.717, 1.165) is 6.92 Å². The van der Waals surface area contributed by atoms with Crippen LogP contribution in [0.2, 0.25) is 0 Å². The minimum absolute atomic E-state index is 0.563. The van der Waals surface area contributed by atoms with Crippen molar-refractivity contribution in [2.45, 2.75) is 6.92 Å². The summed E-state index contributed by atoms with van der Waals surface area (Å²) in [5, 5.41) is 6.01. The summed E-state index contributed by atoms with van der Waals surface area (Å²) in [7, 11) is 0. The quantitative estimate of drug-likeness (QED) is 0.400. The highest BCUT2D eigenvalue weighted by Crippen LogP contribution is 2.08. The van der Waals surface area contributed by atoms with Crippen LogP contribution in [-0.4, -0.2) is 0 Å². The Morgan fingerprint density at radius 3 is 1.63 bits per heavy atom. The van der Waals surface area contributed by atoms with Crippen LogP contribution in [0.15, 0.2) is 0 Å². The summed E-state index contributed by atoms with van der Waals surface area (Å²) in [6.45, 7) is 14.1. The topological polar surface area (TPSA) is 32.5 Å². The number of hydrogen-bond acceptors (Lipinski definition) is 1. The maximum absolute atomic E-state index is 13.6. The van der Waals surface area contributed by atoms with E-state index < -0.39 is 45.1 Å². The van der Waals surface area contributed by atoms with Gasteiger partial charge in [0.2, 0.25) is 0 Å². The molecule has 0 saturated heterocycles. The Labute approximate surface area is 105 Å². The molecule has 94 valence electrons. The molecule has 7 heteroatoms. The molecule has 0 saturated carbocycles. The number of halogens is 4. The van der Waals surface area contributed by atoms with Gasteiger partial charge in [0.25, 0.3) is 0 Å². The summed E-state index contributed by atoms with van der Waals surface area (Å²) < 4.78 is 54.4. The first-order chi connectivity index (χ1) is 8.90. The summed E-state index contributed by atoms with van der Waals surface area (Å²) >= 11 is 0. The van der Waals surface area contributed by atoms with Gasteiger partial charge < -0.3 is 0 Å². The lowest BCUT2D eigenvalue weighted by molar-refractivity contribution is 0.434. The molecular weight excluding hydrogens is 262 g/mol. The minimum atomic E-state index is -1.87. The third-order valence-electron chi connectivity index (χ3n) is 2.24. The summed E-state index contributed by atoms with van der Waals surface area (Å²) in [6.07, 6.45) is 0. The molecule has 0 atom stereocenters. The molecule has 0 aliphatic rings. The van der Waals surface area contributed by atoms with Gasteiger partial charge in [-0.05, 0) is 6.92 Å². The Balaban J connectivity index is 4.28. The Hall–Kier alpha value is -2.85. The van der Waals surface area contributed by atoms with Gasteiger partial charge in [-0.15, -0.1) is 0 Å². The van der Waals surface area contributed by atoms with Gasteiger partial charge in [-0.25, -0.2) is 17.6 Å². The molecule has 0 bridgehead atoms. The third kappa shape index (κ3) is 2.12. The molecule has 1 aromatic carbocycles. The van der Waals surface area contributed by atoms with Crippen molar-refractivity contribution in [1.82, 2.24) is 0 Å². The van der Waals surface area contributed by atoms with E-state index in [-0.39, 0.29) is 0 Å². The third-order valence-corrected chi connectivity index (χ3v) is 2.24. The molecule has 1 aromatic rings. The van der Waals surface area contributed by atoms with E-state index in [4.69, 9.17) is 18.4 Å². The van der Waals surface area contributed by atoms with Crippen LogP contribution in [0.5, 0.6) is 0 Å². The van der Waals surface area contributed by atoms with E-state index in [2.05, 4.69) is 9.69 Å². The second kappa shape index (κ2) is 5.20. The van der Waals surface area contributed by atoms with E-state index in [9.17, 15) is 17.6 Å². The van der Waals surface area contributed by atoms with Crippen LogP contribution in [0.1, 0.15) is 6.92 Å². The SMILES string of the molecule is [C-]#[N+]C([N+]#[C-])=c1c(F)c(F)c(=C(C)C#N)c(F)c1F. The van der Waals surface area contributed by atoms with Gasteiger partial charge in [-0.1, -0.05) is 0 Å². The highest BCUT2D eigenvalue weighted by molar-refractivity contribution is 5.61. The van der Waals surface area contributed by atoms with E-state index in [1.54, 1.807) is 0 Å². The van der Waals surface area contributed by atoms with Gasteiger partial charge in [-0.3, -0.25) is 0 Å². The van der Waals surface area contributed by atoms with E-state index >= 15 is 0 Å². The standard InChI is InChI=1S/C12H3F4N3/c1-5(4-17)6-8(13)10(15)7(11(16)9(6)14)12(18-2)19-3/h1H3. The smallest absolute Gasteiger partial charge is 0.204 e. The number of hydrogen-bond donors (Lipinski definition) is 0. The zero-order chi connectivity index (χ0) is 14.7. The molecule has 0 aromatic heterocycles. The minimum Gasteiger partial charge on any atom is -0.204 e. The summed E-state index contributed by atoms with van der Waals surface area (Å²) in [6, 6.07) is 1.37. The fourth-order valence-electron chi connectivity index (χ4n) is 1.35. The molecule has 0 heterocycles. The van der Waals surface area contributed by atoms with Crippen LogP contribution < -0.4 is 10.4 Å². The highest BCUT2D eigenvalue weighted by Gasteiger charge is 2.24. The molecular formula is C12H3F4N3. The molecule has 1 rings (SSSR count). The second-order valence-electron chi connectivity index (χ2n) is 3.29. The van der Waals surface area contributed by atoms with Crippen LogP contribution in [0.4, 0.5) is 17.6 Å². The average Bonchev–Trinajstić information content (AvgIpc) is 2.41. The van der Waals surface area contributed by atoms with Crippen LogP contribution in [0, 0.1) is 47.7 Å². The summed E-state index contributed by atoms with van der Waals surface area (Å²) in [5.41, 5.74) is -0.563. The van der Waals surface area contributed by atoms with Gasteiger partial charge >= 0.3 is 5.82 Å². The summed E-state index contributed by atoms with van der Waals surface area (Å²) in [5.74, 6) is -8.49. The van der Waals surface area contributed by atoms with Crippen molar-refractivity contribution in [1.29, 1.82) is 5.26 Å². The molecule has 0 aliphatic carbocycles. The molecule has 0 fully saturated rings. The lowest BCUT2D eigenvalue weighted by atomic mass is 10.1. The molecule has 0 spiro atoms. The van der Waals surface area contributed by atoms with Crippen molar-refractivity contribution in [3.63, 3.8) is 0 Å². The first-order valence-corrected chi connectivity index (χ1v) is 4.62. The fourth-order valence-corrected chi connectivity index (χ4v) is 1.35. The number of nitriles is 1. The maximum Gasteiger partial charge on any atom is 0.532 e. The van der Waals surface area contributed by atoms with Crippen molar-refractivity contribution >= 4 is 11.4 Å². The number of nitrogens with zero attached hydrogens (tertiary/aromatic N) is 3. The highest BCUT2D eigenvalue weighted by atomic mass is 19.2. The zero-order valence-corrected chi connectivity index (χ0v) is 9.35. The molecule has 0 amide bonds. The van der Waals surface area contributed by atoms with Crippen LogP contribution in [-0.2, 0) is 0 Å². The fraction of sp³-hybridized carbons (Fsp3) is 0.0833. The van der Waals surface area contributed by atoms with Crippen molar-refractivity contribution in [3.8, 4) is 6.07 Å². The van der Waals surface area contributed by atoms with E-state index in [1.807, 2.05) is 0 Å². The zero-order valence-electron chi connectivity index (χ0n) is 9.35. The maximum atomic E-state index is 13.6.